The molecule has 2 aliphatic rings. The number of benzene rings is 7. The van der Waals surface area contributed by atoms with Gasteiger partial charge in [0.15, 0.2) is 5.82 Å². The second-order valence-corrected chi connectivity index (χ2v) is 14.3. The summed E-state index contributed by atoms with van der Waals surface area (Å²) in [5, 5.41) is 9.64. The predicted octanol–water partition coefficient (Wildman–Crippen LogP) is 11.8. The smallest absolute Gasteiger partial charge is 0.161 e. The number of aromatic nitrogens is 2. The van der Waals surface area contributed by atoms with Gasteiger partial charge in [-0.25, -0.2) is 9.97 Å². The Morgan fingerprint density at radius 2 is 0.923 bits per heavy atom. The third kappa shape index (κ3) is 4.53. The highest BCUT2D eigenvalue weighted by Crippen LogP contribution is 2.64. The van der Waals surface area contributed by atoms with Crippen LogP contribution >= 0.6 is 11.8 Å². The molecule has 4 heteroatoms. The molecule has 0 amide bonds. The topological polar surface area (TPSA) is 49.6 Å². The van der Waals surface area contributed by atoms with Crippen molar-refractivity contribution in [3.63, 3.8) is 0 Å². The van der Waals surface area contributed by atoms with Crippen molar-refractivity contribution < 1.29 is 0 Å². The molecule has 52 heavy (non-hydrogen) atoms. The van der Waals surface area contributed by atoms with Crippen LogP contribution in [0.4, 0.5) is 0 Å². The second kappa shape index (κ2) is 12.1. The average molecular weight is 680 g/mol. The molecule has 0 unspecified atom stereocenters. The summed E-state index contributed by atoms with van der Waals surface area (Å²) < 4.78 is 0. The maximum atomic E-state index is 9.64. The van der Waals surface area contributed by atoms with Crippen molar-refractivity contribution >= 4 is 11.8 Å². The predicted molar refractivity (Wildman–Crippen MR) is 210 cm³/mol. The molecule has 0 saturated carbocycles. The van der Waals surface area contributed by atoms with Crippen LogP contribution in [0.1, 0.15) is 27.8 Å². The third-order valence-electron chi connectivity index (χ3n) is 10.4. The number of hydrogen-bond acceptors (Lipinski definition) is 4. The summed E-state index contributed by atoms with van der Waals surface area (Å²) >= 11 is 1.84. The van der Waals surface area contributed by atoms with Gasteiger partial charge < -0.3 is 0 Å². The normalized spacial score (nSPS) is 13.1. The molecule has 7 aromatic carbocycles. The zero-order valence-corrected chi connectivity index (χ0v) is 28.8. The van der Waals surface area contributed by atoms with Gasteiger partial charge in [0.1, 0.15) is 0 Å². The molecular formula is C48H29N3S. The Bertz CT molecular complexity index is 2610. The quantitative estimate of drug-likeness (QED) is 0.186. The van der Waals surface area contributed by atoms with Gasteiger partial charge >= 0.3 is 0 Å². The van der Waals surface area contributed by atoms with Crippen molar-refractivity contribution in [2.24, 2.45) is 0 Å². The van der Waals surface area contributed by atoms with Crippen LogP contribution < -0.4 is 0 Å². The van der Waals surface area contributed by atoms with Crippen LogP contribution in [-0.4, -0.2) is 9.97 Å². The molecule has 0 atom stereocenters. The third-order valence-corrected chi connectivity index (χ3v) is 11.6. The minimum Gasteiger partial charge on any atom is -0.228 e. The number of nitriles is 1. The highest BCUT2D eigenvalue weighted by Gasteiger charge is 2.51. The van der Waals surface area contributed by atoms with E-state index in [0.29, 0.717) is 11.4 Å². The summed E-state index contributed by atoms with van der Waals surface area (Å²) in [5.74, 6) is 0.682. The van der Waals surface area contributed by atoms with Gasteiger partial charge in [0, 0.05) is 26.5 Å². The van der Waals surface area contributed by atoms with Gasteiger partial charge in [0.05, 0.1) is 28.4 Å². The maximum absolute atomic E-state index is 9.64. The fourth-order valence-corrected chi connectivity index (χ4v) is 9.41. The van der Waals surface area contributed by atoms with Gasteiger partial charge in [0.25, 0.3) is 0 Å². The van der Waals surface area contributed by atoms with E-state index in [0.717, 1.165) is 44.8 Å². The Labute approximate surface area is 307 Å². The van der Waals surface area contributed by atoms with E-state index in [1.165, 1.54) is 37.6 Å². The first-order valence-corrected chi connectivity index (χ1v) is 18.2. The van der Waals surface area contributed by atoms with Gasteiger partial charge in [-0.1, -0.05) is 157 Å². The molecule has 242 valence electrons. The fourth-order valence-electron chi connectivity index (χ4n) is 8.22. The van der Waals surface area contributed by atoms with E-state index >= 15 is 0 Å². The molecule has 3 nitrogen and oxygen atoms in total. The van der Waals surface area contributed by atoms with Crippen LogP contribution in [0, 0.1) is 11.3 Å². The minimum atomic E-state index is -0.568. The highest BCUT2D eigenvalue weighted by atomic mass is 32.2. The van der Waals surface area contributed by atoms with Gasteiger partial charge in [0.2, 0.25) is 0 Å². The lowest BCUT2D eigenvalue weighted by molar-refractivity contribution is 0.722. The van der Waals surface area contributed by atoms with Crippen molar-refractivity contribution in [2.45, 2.75) is 15.2 Å². The molecule has 0 radical (unpaired) electrons. The highest BCUT2D eigenvalue weighted by molar-refractivity contribution is 7.99. The van der Waals surface area contributed by atoms with E-state index in [-0.39, 0.29) is 0 Å². The lowest BCUT2D eigenvalue weighted by atomic mass is 9.67. The van der Waals surface area contributed by atoms with Crippen LogP contribution in [0.25, 0.3) is 56.2 Å². The Morgan fingerprint density at radius 3 is 1.48 bits per heavy atom. The Hall–Kier alpha value is -6.54. The van der Waals surface area contributed by atoms with Crippen LogP contribution in [0.15, 0.2) is 186 Å². The molecule has 2 heterocycles. The van der Waals surface area contributed by atoms with Crippen LogP contribution in [0.2, 0.25) is 0 Å². The minimum absolute atomic E-state index is 0.568. The first-order chi connectivity index (χ1) is 25.7. The molecule has 1 aromatic heterocycles. The average Bonchev–Trinajstić information content (AvgIpc) is 3.52. The molecule has 8 aromatic rings. The van der Waals surface area contributed by atoms with Crippen molar-refractivity contribution in [2.75, 3.05) is 0 Å². The molecule has 0 fully saturated rings. The van der Waals surface area contributed by atoms with E-state index in [4.69, 9.17) is 9.97 Å². The van der Waals surface area contributed by atoms with Gasteiger partial charge in [-0.05, 0) is 74.8 Å². The molecule has 0 N–H and O–H groups in total. The SMILES string of the molecule is N#Cc1ccc(-c2cccc3c2-c2c(-c4nc(-c5ccccc5)cc(-c5ccccc5)n4)cccc2C32c3ccccc3Sc3ccccc32)cc1. The summed E-state index contributed by atoms with van der Waals surface area (Å²) in [6.45, 7) is 0. The zero-order valence-electron chi connectivity index (χ0n) is 28.0. The molecule has 1 aliphatic heterocycles. The summed E-state index contributed by atoms with van der Waals surface area (Å²) in [5.41, 5.74) is 14.4. The number of hydrogen-bond donors (Lipinski definition) is 0. The summed E-state index contributed by atoms with van der Waals surface area (Å²) in [6.07, 6.45) is 0. The molecule has 10 rings (SSSR count). The van der Waals surface area contributed by atoms with E-state index in [1.54, 1.807) is 0 Å². The van der Waals surface area contributed by atoms with Crippen molar-refractivity contribution in [3.8, 4) is 62.2 Å². The van der Waals surface area contributed by atoms with Crippen molar-refractivity contribution in [1.82, 2.24) is 9.97 Å². The molecule has 1 aliphatic carbocycles. The fraction of sp³-hybridized carbons (Fsp3) is 0.0208. The van der Waals surface area contributed by atoms with Gasteiger partial charge in [-0.3, -0.25) is 0 Å². The van der Waals surface area contributed by atoms with Crippen molar-refractivity contribution in [1.29, 1.82) is 5.26 Å². The second-order valence-electron chi connectivity index (χ2n) is 13.2. The molecular weight excluding hydrogens is 651 g/mol. The molecule has 0 saturated heterocycles. The Morgan fingerprint density at radius 1 is 0.442 bits per heavy atom. The number of nitrogens with zero attached hydrogens (tertiary/aromatic N) is 3. The van der Waals surface area contributed by atoms with Crippen LogP contribution in [-0.2, 0) is 5.41 Å². The largest absolute Gasteiger partial charge is 0.228 e. The van der Waals surface area contributed by atoms with Gasteiger partial charge in [-0.15, -0.1) is 0 Å². The first kappa shape index (κ1) is 30.3. The van der Waals surface area contributed by atoms with E-state index < -0.39 is 5.41 Å². The number of rotatable bonds is 4. The Kier molecular flexibility index (Phi) is 7.02. The lowest BCUT2D eigenvalue weighted by Gasteiger charge is -2.39. The summed E-state index contributed by atoms with van der Waals surface area (Å²) in [4.78, 5) is 13.2. The molecule has 0 bridgehead atoms. The summed E-state index contributed by atoms with van der Waals surface area (Å²) in [7, 11) is 0. The first-order valence-electron chi connectivity index (χ1n) is 17.4. The van der Waals surface area contributed by atoms with E-state index in [1.807, 2.05) is 36.0 Å². The van der Waals surface area contributed by atoms with E-state index in [2.05, 4.69) is 158 Å². The van der Waals surface area contributed by atoms with Crippen molar-refractivity contribution in [3.05, 3.63) is 204 Å². The lowest BCUT2D eigenvalue weighted by Crippen LogP contribution is -2.31. The van der Waals surface area contributed by atoms with Gasteiger partial charge in [-0.2, -0.15) is 5.26 Å². The van der Waals surface area contributed by atoms with E-state index in [9.17, 15) is 5.26 Å². The standard InChI is InChI=1S/C48H29N3S/c49-30-31-25-27-32(28-26-31)35-17-11-21-39-45(35)46-36(47-50-41(33-13-3-1-4-14-33)29-42(51-47)34-15-5-2-6-16-34)18-12-22-40(46)48(39)37-19-7-9-23-43(37)52-44-24-10-8-20-38(44)48/h1-29H. The summed E-state index contributed by atoms with van der Waals surface area (Å²) in [6, 6.07) is 64.2. The maximum Gasteiger partial charge on any atom is 0.161 e. The number of fused-ring (bicyclic) bond motifs is 9. The monoisotopic (exact) mass is 679 g/mol. The Balaban J connectivity index is 1.34. The van der Waals surface area contributed by atoms with Crippen LogP contribution in [0.5, 0.6) is 0 Å². The van der Waals surface area contributed by atoms with Crippen LogP contribution in [0.3, 0.4) is 0 Å². The molecule has 1 spiro atoms. The zero-order chi connectivity index (χ0) is 34.6.